The van der Waals surface area contributed by atoms with Gasteiger partial charge in [0.1, 0.15) is 12.4 Å². The Balaban J connectivity index is 1.49. The van der Waals surface area contributed by atoms with Crippen molar-refractivity contribution in [2.45, 2.75) is 12.8 Å². The van der Waals surface area contributed by atoms with Crippen LogP contribution < -0.4 is 9.64 Å². The molecule has 0 fully saturated rings. The van der Waals surface area contributed by atoms with Gasteiger partial charge in [-0.25, -0.2) is 0 Å². The second kappa shape index (κ2) is 8.66. The highest BCUT2D eigenvalue weighted by Gasteiger charge is 2.36. The molecule has 0 N–H and O–H groups in total. The van der Waals surface area contributed by atoms with E-state index >= 15 is 0 Å². The first-order valence-corrected chi connectivity index (χ1v) is 9.54. The summed E-state index contributed by atoms with van der Waals surface area (Å²) in [5, 5.41) is 0. The Bertz CT molecular complexity index is 880. The zero-order valence-electron chi connectivity index (χ0n) is 15.6. The number of hydrogen-bond acceptors (Lipinski definition) is 6. The Morgan fingerprint density at radius 2 is 2.11 bits per heavy atom. The lowest BCUT2D eigenvalue weighted by Gasteiger charge is -2.18. The van der Waals surface area contributed by atoms with Gasteiger partial charge in [0.2, 0.25) is 5.88 Å². The minimum atomic E-state index is -0.309. The standard InChI is InChI=1S/C19H20BrN3O5/c1-22(15-8-7-14(20)17(21-15)27-2)16(24)11-28-10-9-23-18(25)12-5-3-4-6-13(12)19(23)26/h3,5,7-8H,4,6,9-11H2,1-2H3. The van der Waals surface area contributed by atoms with E-state index in [-0.39, 0.29) is 37.5 Å². The number of carbonyl (C=O) groups excluding carboxylic acids is 3. The fraction of sp³-hybridized carbons (Fsp3) is 0.368. The number of pyridine rings is 1. The summed E-state index contributed by atoms with van der Waals surface area (Å²) in [5.74, 6) is -0.0788. The van der Waals surface area contributed by atoms with Gasteiger partial charge in [-0.05, 0) is 40.9 Å². The van der Waals surface area contributed by atoms with Gasteiger partial charge in [0.05, 0.1) is 24.7 Å². The molecule has 0 radical (unpaired) electrons. The number of hydrogen-bond donors (Lipinski definition) is 0. The molecule has 1 aliphatic heterocycles. The molecule has 3 rings (SSSR count). The summed E-state index contributed by atoms with van der Waals surface area (Å²) in [6, 6.07) is 3.41. The zero-order valence-corrected chi connectivity index (χ0v) is 17.2. The maximum absolute atomic E-state index is 12.3. The van der Waals surface area contributed by atoms with Crippen LogP contribution in [0.25, 0.3) is 0 Å². The van der Waals surface area contributed by atoms with Crippen LogP contribution in [0.4, 0.5) is 5.82 Å². The Hall–Kier alpha value is -2.52. The molecule has 148 valence electrons. The van der Waals surface area contributed by atoms with Crippen molar-refractivity contribution in [3.05, 3.63) is 39.9 Å². The van der Waals surface area contributed by atoms with Gasteiger partial charge in [-0.15, -0.1) is 0 Å². The number of halogens is 1. The van der Waals surface area contributed by atoms with Gasteiger partial charge in [0, 0.05) is 18.2 Å². The van der Waals surface area contributed by atoms with Gasteiger partial charge in [-0.3, -0.25) is 24.2 Å². The number of imide groups is 1. The highest BCUT2D eigenvalue weighted by Crippen LogP contribution is 2.28. The molecular formula is C19H20BrN3O5. The van der Waals surface area contributed by atoms with Crippen molar-refractivity contribution in [1.82, 2.24) is 9.88 Å². The molecule has 28 heavy (non-hydrogen) atoms. The summed E-state index contributed by atoms with van der Waals surface area (Å²) in [6.07, 6.45) is 4.94. The second-order valence-electron chi connectivity index (χ2n) is 6.26. The SMILES string of the molecule is COc1nc(N(C)C(=O)COCCN2C(=O)C3=C(CCC=C3)C2=O)ccc1Br. The first kappa shape index (κ1) is 20.2. The summed E-state index contributed by atoms with van der Waals surface area (Å²) < 4.78 is 11.2. The molecule has 0 atom stereocenters. The van der Waals surface area contributed by atoms with E-state index in [4.69, 9.17) is 9.47 Å². The Morgan fingerprint density at radius 3 is 2.82 bits per heavy atom. The van der Waals surface area contributed by atoms with Gasteiger partial charge >= 0.3 is 0 Å². The third kappa shape index (κ3) is 4.00. The van der Waals surface area contributed by atoms with Gasteiger partial charge in [-0.1, -0.05) is 12.2 Å². The summed E-state index contributed by atoms with van der Waals surface area (Å²) in [5.41, 5.74) is 1.04. The Labute approximate surface area is 170 Å². The number of amides is 3. The fourth-order valence-electron chi connectivity index (χ4n) is 2.97. The number of methoxy groups -OCH3 is 1. The minimum Gasteiger partial charge on any atom is -0.480 e. The normalized spacial score (nSPS) is 15.9. The molecule has 2 heterocycles. The quantitative estimate of drug-likeness (QED) is 0.466. The largest absolute Gasteiger partial charge is 0.480 e. The van der Waals surface area contributed by atoms with Crippen LogP contribution in [-0.2, 0) is 19.1 Å². The maximum Gasteiger partial charge on any atom is 0.261 e. The van der Waals surface area contributed by atoms with Crippen molar-refractivity contribution in [2.24, 2.45) is 0 Å². The van der Waals surface area contributed by atoms with E-state index in [2.05, 4.69) is 20.9 Å². The van der Waals surface area contributed by atoms with E-state index in [0.717, 1.165) is 6.42 Å². The molecule has 0 spiro atoms. The van der Waals surface area contributed by atoms with Crippen molar-refractivity contribution in [3.8, 4) is 5.88 Å². The van der Waals surface area contributed by atoms with Crippen LogP contribution in [0.1, 0.15) is 12.8 Å². The van der Waals surface area contributed by atoms with E-state index in [9.17, 15) is 14.4 Å². The number of rotatable bonds is 7. The van der Waals surface area contributed by atoms with E-state index < -0.39 is 0 Å². The van der Waals surface area contributed by atoms with Gasteiger partial charge in [0.25, 0.3) is 17.7 Å². The van der Waals surface area contributed by atoms with Crippen molar-refractivity contribution >= 4 is 39.5 Å². The smallest absolute Gasteiger partial charge is 0.261 e. The first-order chi connectivity index (χ1) is 13.4. The average Bonchev–Trinajstić information content (AvgIpc) is 2.95. The summed E-state index contributed by atoms with van der Waals surface area (Å²) in [6.45, 7) is -0.00188. The van der Waals surface area contributed by atoms with E-state index in [1.165, 1.54) is 16.9 Å². The first-order valence-electron chi connectivity index (χ1n) is 8.74. The Morgan fingerprint density at radius 1 is 1.32 bits per heavy atom. The van der Waals surface area contributed by atoms with Gasteiger partial charge in [0.15, 0.2) is 0 Å². The monoisotopic (exact) mass is 449 g/mol. The van der Waals surface area contributed by atoms with Crippen LogP contribution >= 0.6 is 15.9 Å². The number of carbonyl (C=O) groups is 3. The molecule has 9 heteroatoms. The lowest BCUT2D eigenvalue weighted by atomic mass is 10.00. The third-order valence-corrected chi connectivity index (χ3v) is 5.15. The number of allylic oxidation sites excluding steroid dienone is 1. The van der Waals surface area contributed by atoms with Gasteiger partial charge < -0.3 is 9.47 Å². The predicted molar refractivity (Wildman–Crippen MR) is 105 cm³/mol. The van der Waals surface area contributed by atoms with Crippen molar-refractivity contribution in [2.75, 3.05) is 38.8 Å². The Kier molecular flexibility index (Phi) is 6.25. The fourth-order valence-corrected chi connectivity index (χ4v) is 3.36. The highest BCUT2D eigenvalue weighted by molar-refractivity contribution is 9.10. The third-order valence-electron chi connectivity index (χ3n) is 4.54. The summed E-state index contributed by atoms with van der Waals surface area (Å²) in [4.78, 5) is 43.7. The molecular weight excluding hydrogens is 430 g/mol. The van der Waals surface area contributed by atoms with Crippen LogP contribution in [0.2, 0.25) is 0 Å². The van der Waals surface area contributed by atoms with Crippen LogP contribution in [-0.4, -0.2) is 61.5 Å². The average molecular weight is 450 g/mol. The minimum absolute atomic E-state index is 0.0818. The van der Waals surface area contributed by atoms with E-state index in [0.29, 0.717) is 33.7 Å². The topological polar surface area (TPSA) is 89.0 Å². The molecule has 1 aromatic heterocycles. The molecule has 1 aromatic rings. The number of aromatic nitrogens is 1. The van der Waals surface area contributed by atoms with Crippen LogP contribution in [0.3, 0.4) is 0 Å². The number of ether oxygens (including phenoxy) is 2. The maximum atomic E-state index is 12.3. The summed E-state index contributed by atoms with van der Waals surface area (Å²) >= 11 is 3.31. The molecule has 0 unspecified atom stereocenters. The molecule has 1 aliphatic carbocycles. The lowest BCUT2D eigenvalue weighted by molar-refractivity contribution is -0.138. The number of anilines is 1. The van der Waals surface area contributed by atoms with Gasteiger partial charge in [-0.2, -0.15) is 4.98 Å². The molecule has 2 aliphatic rings. The zero-order chi connectivity index (χ0) is 20.3. The van der Waals surface area contributed by atoms with Crippen LogP contribution in [0, 0.1) is 0 Å². The van der Waals surface area contributed by atoms with E-state index in [1.54, 1.807) is 25.3 Å². The molecule has 0 saturated heterocycles. The number of nitrogens with zero attached hydrogens (tertiary/aromatic N) is 3. The molecule has 0 bridgehead atoms. The second-order valence-corrected chi connectivity index (χ2v) is 7.12. The molecule has 0 saturated carbocycles. The molecule has 8 nitrogen and oxygen atoms in total. The summed E-state index contributed by atoms with van der Waals surface area (Å²) in [7, 11) is 3.07. The van der Waals surface area contributed by atoms with Crippen molar-refractivity contribution < 1.29 is 23.9 Å². The number of likely N-dealkylation sites (N-methyl/N-ethyl adjacent to an activating group) is 1. The van der Waals surface area contributed by atoms with Crippen molar-refractivity contribution in [1.29, 1.82) is 0 Å². The molecule has 3 amide bonds. The van der Waals surface area contributed by atoms with Crippen molar-refractivity contribution in [3.63, 3.8) is 0 Å². The van der Waals surface area contributed by atoms with Crippen LogP contribution in [0.5, 0.6) is 5.88 Å². The highest BCUT2D eigenvalue weighted by atomic mass is 79.9. The lowest BCUT2D eigenvalue weighted by Crippen LogP contribution is -2.36. The molecule has 0 aromatic carbocycles. The predicted octanol–water partition coefficient (Wildman–Crippen LogP) is 1.85. The van der Waals surface area contributed by atoms with Crippen LogP contribution in [0.15, 0.2) is 39.9 Å². The van der Waals surface area contributed by atoms with E-state index in [1.807, 2.05) is 6.08 Å².